The van der Waals surface area contributed by atoms with Crippen LogP contribution in [0.4, 0.5) is 0 Å². The van der Waals surface area contributed by atoms with Crippen LogP contribution in [0, 0.1) is 0 Å². The molecule has 1 aliphatic rings. The Balaban J connectivity index is 1.54. The molecule has 9 nitrogen and oxygen atoms in total. The van der Waals surface area contributed by atoms with Crippen molar-refractivity contribution in [3.63, 3.8) is 0 Å². The minimum atomic E-state index is -3.18. The smallest absolute Gasteiger partial charge is 0.262 e. The molecule has 10 heteroatoms. The number of aryl methyl sites for hydroxylation is 1. The summed E-state index contributed by atoms with van der Waals surface area (Å²) in [6.45, 7) is 7.34. The number of piperazine rings is 1. The second-order valence-electron chi connectivity index (χ2n) is 8.02. The SMILES string of the molecule is CCCCCS(=O)(=O)N1CCN(Cc2nnc3n(CC)c(=O)c4ccccc4n23)CC1. The fraction of sp³-hybridized carbons (Fsp3) is 0.571. The van der Waals surface area contributed by atoms with Gasteiger partial charge in [0.1, 0.15) is 0 Å². The Hall–Kier alpha value is -2.30. The van der Waals surface area contributed by atoms with E-state index in [-0.39, 0.29) is 11.3 Å². The van der Waals surface area contributed by atoms with Crippen molar-refractivity contribution in [2.45, 2.75) is 46.2 Å². The van der Waals surface area contributed by atoms with Gasteiger partial charge in [0.05, 0.1) is 23.2 Å². The van der Waals surface area contributed by atoms with Crippen LogP contribution in [-0.4, -0.2) is 68.7 Å². The standard InChI is InChI=1S/C21H30N6O3S/c1-3-5-8-15-31(29,30)25-13-11-24(12-14-25)16-19-22-23-21-26(4-2)20(28)17-9-6-7-10-18(17)27(19)21/h6-7,9-10H,3-5,8,11-16H2,1-2H3. The summed E-state index contributed by atoms with van der Waals surface area (Å²) in [7, 11) is -3.18. The summed E-state index contributed by atoms with van der Waals surface area (Å²) in [6, 6.07) is 7.51. The molecule has 0 N–H and O–H groups in total. The average Bonchev–Trinajstić information content (AvgIpc) is 3.18. The monoisotopic (exact) mass is 446 g/mol. The summed E-state index contributed by atoms with van der Waals surface area (Å²) >= 11 is 0. The van der Waals surface area contributed by atoms with Gasteiger partial charge in [0.2, 0.25) is 15.8 Å². The van der Waals surface area contributed by atoms with Crippen LogP contribution in [-0.2, 0) is 23.1 Å². The van der Waals surface area contributed by atoms with Gasteiger partial charge >= 0.3 is 0 Å². The second-order valence-corrected chi connectivity index (χ2v) is 10.1. The molecule has 0 aliphatic carbocycles. The fourth-order valence-electron chi connectivity index (χ4n) is 4.23. The molecule has 0 unspecified atom stereocenters. The highest BCUT2D eigenvalue weighted by Crippen LogP contribution is 2.17. The van der Waals surface area contributed by atoms with Crippen LogP contribution < -0.4 is 5.56 Å². The van der Waals surface area contributed by atoms with Crippen LogP contribution in [0.1, 0.15) is 38.9 Å². The van der Waals surface area contributed by atoms with Crippen LogP contribution in [0.2, 0.25) is 0 Å². The number of para-hydroxylation sites is 1. The van der Waals surface area contributed by atoms with Crippen LogP contribution >= 0.6 is 0 Å². The summed E-state index contributed by atoms with van der Waals surface area (Å²) in [5.41, 5.74) is 0.732. The second kappa shape index (κ2) is 9.05. The zero-order valence-corrected chi connectivity index (χ0v) is 19.0. The third-order valence-corrected chi connectivity index (χ3v) is 7.94. The minimum Gasteiger partial charge on any atom is -0.293 e. The van der Waals surface area contributed by atoms with E-state index in [1.165, 1.54) is 0 Å². The van der Waals surface area contributed by atoms with E-state index in [1.807, 2.05) is 35.6 Å². The third kappa shape index (κ3) is 4.24. The van der Waals surface area contributed by atoms with E-state index in [1.54, 1.807) is 8.87 Å². The van der Waals surface area contributed by atoms with Gasteiger partial charge in [-0.25, -0.2) is 8.42 Å². The zero-order valence-electron chi connectivity index (χ0n) is 18.2. The lowest BCUT2D eigenvalue weighted by molar-refractivity contribution is 0.177. The highest BCUT2D eigenvalue weighted by molar-refractivity contribution is 7.89. The van der Waals surface area contributed by atoms with Crippen LogP contribution in [0.3, 0.4) is 0 Å². The van der Waals surface area contributed by atoms with Gasteiger partial charge in [0, 0.05) is 32.7 Å². The minimum absolute atomic E-state index is 0.0635. The molecule has 1 aliphatic heterocycles. The number of aromatic nitrogens is 4. The van der Waals surface area contributed by atoms with Gasteiger partial charge in [0.15, 0.2) is 5.82 Å². The molecule has 0 spiro atoms. The first-order chi connectivity index (χ1) is 15.0. The molecule has 1 saturated heterocycles. The van der Waals surface area contributed by atoms with E-state index in [4.69, 9.17) is 0 Å². The number of hydrogen-bond donors (Lipinski definition) is 0. The number of hydrogen-bond acceptors (Lipinski definition) is 6. The van der Waals surface area contributed by atoms with Crippen molar-refractivity contribution in [2.75, 3.05) is 31.9 Å². The third-order valence-electron chi connectivity index (χ3n) is 5.99. The predicted molar refractivity (Wildman–Crippen MR) is 121 cm³/mol. The molecule has 31 heavy (non-hydrogen) atoms. The highest BCUT2D eigenvalue weighted by atomic mass is 32.2. The largest absolute Gasteiger partial charge is 0.293 e. The van der Waals surface area contributed by atoms with Crippen molar-refractivity contribution in [2.24, 2.45) is 0 Å². The van der Waals surface area contributed by atoms with Crippen molar-refractivity contribution in [1.82, 2.24) is 28.4 Å². The Labute approximate surface area is 182 Å². The first-order valence-electron chi connectivity index (χ1n) is 11.0. The van der Waals surface area contributed by atoms with E-state index in [2.05, 4.69) is 22.0 Å². The van der Waals surface area contributed by atoms with Gasteiger partial charge in [0.25, 0.3) is 5.56 Å². The van der Waals surface area contributed by atoms with E-state index < -0.39 is 10.0 Å². The molecule has 0 atom stereocenters. The predicted octanol–water partition coefficient (Wildman–Crippen LogP) is 1.70. The van der Waals surface area contributed by atoms with Gasteiger partial charge in [-0.15, -0.1) is 10.2 Å². The molecule has 4 rings (SSSR count). The van der Waals surface area contributed by atoms with Gasteiger partial charge in [-0.2, -0.15) is 4.31 Å². The van der Waals surface area contributed by atoms with Crippen LogP contribution in [0.5, 0.6) is 0 Å². The Morgan fingerprint density at radius 1 is 1.00 bits per heavy atom. The molecule has 0 bridgehead atoms. The fourth-order valence-corrected chi connectivity index (χ4v) is 5.78. The molecular weight excluding hydrogens is 416 g/mol. The average molecular weight is 447 g/mol. The van der Waals surface area contributed by atoms with Crippen molar-refractivity contribution in [1.29, 1.82) is 0 Å². The molecule has 0 saturated carbocycles. The molecule has 3 aromatic rings. The first-order valence-corrected chi connectivity index (χ1v) is 12.6. The van der Waals surface area contributed by atoms with Crippen molar-refractivity contribution >= 4 is 26.7 Å². The lowest BCUT2D eigenvalue weighted by atomic mass is 10.2. The number of fused-ring (bicyclic) bond motifs is 3. The van der Waals surface area contributed by atoms with Gasteiger partial charge < -0.3 is 0 Å². The number of rotatable bonds is 8. The van der Waals surface area contributed by atoms with Crippen molar-refractivity contribution in [3.05, 3.63) is 40.4 Å². The summed E-state index contributed by atoms with van der Waals surface area (Å²) in [5.74, 6) is 1.53. The highest BCUT2D eigenvalue weighted by Gasteiger charge is 2.27. The number of sulfonamides is 1. The maximum Gasteiger partial charge on any atom is 0.262 e. The lowest BCUT2D eigenvalue weighted by Crippen LogP contribution is -2.49. The Morgan fingerprint density at radius 2 is 1.74 bits per heavy atom. The van der Waals surface area contributed by atoms with Crippen LogP contribution in [0.15, 0.2) is 29.1 Å². The van der Waals surface area contributed by atoms with Crippen LogP contribution in [0.25, 0.3) is 16.7 Å². The molecule has 0 radical (unpaired) electrons. The van der Waals surface area contributed by atoms with Gasteiger partial charge in [-0.05, 0) is 25.5 Å². The summed E-state index contributed by atoms with van der Waals surface area (Å²) < 4.78 is 30.3. The number of benzene rings is 1. The normalized spacial score (nSPS) is 16.5. The molecular formula is C21H30N6O3S. The molecule has 168 valence electrons. The maximum atomic E-state index is 12.8. The Kier molecular flexibility index (Phi) is 6.40. The molecule has 3 heterocycles. The topological polar surface area (TPSA) is 92.8 Å². The van der Waals surface area contributed by atoms with E-state index in [0.29, 0.717) is 50.4 Å². The number of nitrogens with zero attached hydrogens (tertiary/aromatic N) is 6. The van der Waals surface area contributed by atoms with Crippen molar-refractivity contribution < 1.29 is 8.42 Å². The molecule has 0 amide bonds. The lowest BCUT2D eigenvalue weighted by Gasteiger charge is -2.33. The first kappa shape index (κ1) is 21.9. The number of unbranched alkanes of at least 4 members (excludes halogenated alkanes) is 2. The summed E-state index contributed by atoms with van der Waals surface area (Å²) in [5, 5.41) is 9.33. The molecule has 1 aromatic carbocycles. The maximum absolute atomic E-state index is 12.8. The Morgan fingerprint density at radius 3 is 2.45 bits per heavy atom. The quantitative estimate of drug-likeness (QED) is 0.489. The molecule has 2 aromatic heterocycles. The molecule has 1 fully saturated rings. The van der Waals surface area contributed by atoms with E-state index >= 15 is 0 Å². The summed E-state index contributed by atoms with van der Waals surface area (Å²) in [4.78, 5) is 15.0. The van der Waals surface area contributed by atoms with E-state index in [9.17, 15) is 13.2 Å². The van der Waals surface area contributed by atoms with Gasteiger partial charge in [-0.3, -0.25) is 18.7 Å². The summed E-state index contributed by atoms with van der Waals surface area (Å²) in [6.07, 6.45) is 2.67. The van der Waals surface area contributed by atoms with Crippen molar-refractivity contribution in [3.8, 4) is 0 Å². The zero-order chi connectivity index (χ0) is 22.0. The van der Waals surface area contributed by atoms with E-state index in [0.717, 1.165) is 30.6 Å². The van der Waals surface area contributed by atoms with Gasteiger partial charge in [-0.1, -0.05) is 31.9 Å². The Bertz CT molecular complexity index is 1230.